The van der Waals surface area contributed by atoms with E-state index < -0.39 is 0 Å². The Morgan fingerprint density at radius 2 is 1.84 bits per heavy atom. The molecule has 1 aliphatic rings. The number of nitrogens with two attached hydrogens (primary N) is 1. The van der Waals surface area contributed by atoms with Gasteiger partial charge in [0.05, 0.1) is 17.6 Å². The van der Waals surface area contributed by atoms with Crippen LogP contribution in [-0.4, -0.2) is 28.9 Å². The molecule has 2 N–H and O–H groups in total. The van der Waals surface area contributed by atoms with Crippen LogP contribution in [0.3, 0.4) is 0 Å². The molecule has 19 heavy (non-hydrogen) atoms. The molecule has 3 rings (SSSR count). The van der Waals surface area contributed by atoms with Gasteiger partial charge in [-0.15, -0.1) is 0 Å². The first-order valence-corrected chi connectivity index (χ1v) is 6.83. The van der Waals surface area contributed by atoms with Gasteiger partial charge in [0.2, 0.25) is 0 Å². The zero-order valence-corrected chi connectivity index (χ0v) is 11.3. The van der Waals surface area contributed by atoms with Crippen molar-refractivity contribution in [3.8, 4) is 11.3 Å². The molecule has 100 valence electrons. The molecule has 0 radical (unpaired) electrons. The number of benzene rings is 1. The summed E-state index contributed by atoms with van der Waals surface area (Å²) in [6, 6.07) is 10.8. The molecule has 0 spiro atoms. The van der Waals surface area contributed by atoms with E-state index in [1.54, 1.807) is 0 Å². The summed E-state index contributed by atoms with van der Waals surface area (Å²) in [5.41, 5.74) is 9.61. The average molecular weight is 256 g/mol. The number of piperidine rings is 1. The highest BCUT2D eigenvalue weighted by Gasteiger charge is 2.21. The summed E-state index contributed by atoms with van der Waals surface area (Å²) in [7, 11) is 2.00. The van der Waals surface area contributed by atoms with Gasteiger partial charge in [0.15, 0.2) is 0 Å². The smallest absolute Gasteiger partial charge is 0.0912 e. The lowest BCUT2D eigenvalue weighted by Gasteiger charge is -2.31. The normalized spacial score (nSPS) is 16.8. The van der Waals surface area contributed by atoms with Crippen LogP contribution in [0.15, 0.2) is 36.5 Å². The summed E-state index contributed by atoms with van der Waals surface area (Å²) in [4.78, 5) is 2.40. The van der Waals surface area contributed by atoms with Crippen LogP contribution in [0.2, 0.25) is 0 Å². The monoisotopic (exact) mass is 256 g/mol. The van der Waals surface area contributed by atoms with Crippen LogP contribution < -0.4 is 10.6 Å². The molecule has 1 fully saturated rings. The number of aromatic nitrogens is 2. The van der Waals surface area contributed by atoms with Crippen molar-refractivity contribution in [2.45, 2.75) is 18.9 Å². The maximum absolute atomic E-state index is 5.98. The lowest BCUT2D eigenvalue weighted by Crippen LogP contribution is -2.39. The van der Waals surface area contributed by atoms with E-state index in [1.807, 2.05) is 24.0 Å². The van der Waals surface area contributed by atoms with E-state index >= 15 is 0 Å². The molecule has 2 aromatic rings. The molecule has 0 saturated carbocycles. The Kier molecular flexibility index (Phi) is 3.25. The molecule has 0 atom stereocenters. The summed E-state index contributed by atoms with van der Waals surface area (Å²) in [6.45, 7) is 2.04. The number of aryl methyl sites for hydroxylation is 1. The van der Waals surface area contributed by atoms with Gasteiger partial charge >= 0.3 is 0 Å². The quantitative estimate of drug-likeness (QED) is 0.894. The van der Waals surface area contributed by atoms with Gasteiger partial charge in [-0.25, -0.2) is 0 Å². The number of rotatable bonds is 2. The van der Waals surface area contributed by atoms with Crippen LogP contribution in [0, 0.1) is 0 Å². The third-order valence-corrected chi connectivity index (χ3v) is 3.85. The van der Waals surface area contributed by atoms with Crippen LogP contribution in [0.25, 0.3) is 11.3 Å². The molecule has 2 heterocycles. The molecule has 1 saturated heterocycles. The highest BCUT2D eigenvalue weighted by atomic mass is 15.3. The Morgan fingerprint density at radius 3 is 2.53 bits per heavy atom. The van der Waals surface area contributed by atoms with Gasteiger partial charge in [0.1, 0.15) is 0 Å². The average Bonchev–Trinajstić information content (AvgIpc) is 2.82. The standard InChI is InChI=1S/C15H20N4/c1-18-15(12-5-3-2-4-6-12)14(11-17-18)19-9-7-13(16)8-10-19/h2-6,11,13H,7-10,16H2,1H3. The first kappa shape index (κ1) is 12.2. The van der Waals surface area contributed by atoms with Crippen LogP contribution in [0.5, 0.6) is 0 Å². The second-order valence-corrected chi connectivity index (χ2v) is 5.19. The summed E-state index contributed by atoms with van der Waals surface area (Å²) >= 11 is 0. The van der Waals surface area contributed by atoms with Crippen LogP contribution in [0.4, 0.5) is 5.69 Å². The fraction of sp³-hybridized carbons (Fsp3) is 0.400. The third kappa shape index (κ3) is 2.36. The van der Waals surface area contributed by atoms with Crippen LogP contribution in [0.1, 0.15) is 12.8 Å². The maximum Gasteiger partial charge on any atom is 0.0912 e. The third-order valence-electron chi connectivity index (χ3n) is 3.85. The van der Waals surface area contributed by atoms with Crippen molar-refractivity contribution in [1.82, 2.24) is 9.78 Å². The summed E-state index contributed by atoms with van der Waals surface area (Å²) in [5, 5.41) is 4.43. The summed E-state index contributed by atoms with van der Waals surface area (Å²) in [6.07, 6.45) is 4.09. The molecule has 0 aliphatic carbocycles. The van der Waals surface area contributed by atoms with Gasteiger partial charge in [-0.05, 0) is 12.8 Å². The van der Waals surface area contributed by atoms with Crippen LogP contribution in [-0.2, 0) is 7.05 Å². The van der Waals surface area contributed by atoms with Gasteiger partial charge in [0.25, 0.3) is 0 Å². The first-order valence-electron chi connectivity index (χ1n) is 6.83. The molecular weight excluding hydrogens is 236 g/mol. The molecule has 0 bridgehead atoms. The van der Waals surface area contributed by atoms with Crippen molar-refractivity contribution in [3.05, 3.63) is 36.5 Å². The predicted octanol–water partition coefficient (Wildman–Crippen LogP) is 2.01. The molecule has 0 unspecified atom stereocenters. The molecule has 1 aromatic carbocycles. The van der Waals surface area contributed by atoms with Crippen LogP contribution >= 0.6 is 0 Å². The number of anilines is 1. The first-order chi connectivity index (χ1) is 9.25. The van der Waals surface area contributed by atoms with Crippen molar-refractivity contribution in [2.75, 3.05) is 18.0 Å². The zero-order valence-electron chi connectivity index (χ0n) is 11.3. The Bertz CT molecular complexity index is 539. The maximum atomic E-state index is 5.98. The minimum atomic E-state index is 0.355. The molecular formula is C15H20N4. The molecule has 4 nitrogen and oxygen atoms in total. The second-order valence-electron chi connectivity index (χ2n) is 5.19. The highest BCUT2D eigenvalue weighted by Crippen LogP contribution is 2.31. The van der Waals surface area contributed by atoms with Gasteiger partial charge in [0, 0.05) is 31.7 Å². The molecule has 4 heteroatoms. The van der Waals surface area contributed by atoms with E-state index in [4.69, 9.17) is 5.73 Å². The Balaban J connectivity index is 1.95. The van der Waals surface area contributed by atoms with Gasteiger partial charge < -0.3 is 10.6 Å². The van der Waals surface area contributed by atoms with Gasteiger partial charge in [-0.2, -0.15) is 5.10 Å². The minimum Gasteiger partial charge on any atom is -0.368 e. The van der Waals surface area contributed by atoms with E-state index in [9.17, 15) is 0 Å². The SMILES string of the molecule is Cn1ncc(N2CCC(N)CC2)c1-c1ccccc1. The summed E-state index contributed by atoms with van der Waals surface area (Å²) < 4.78 is 1.96. The van der Waals surface area contributed by atoms with E-state index in [-0.39, 0.29) is 0 Å². The van der Waals surface area contributed by atoms with Crippen molar-refractivity contribution < 1.29 is 0 Å². The fourth-order valence-electron chi connectivity index (χ4n) is 2.73. The van der Waals surface area contributed by atoms with Crippen molar-refractivity contribution >= 4 is 5.69 Å². The summed E-state index contributed by atoms with van der Waals surface area (Å²) in [5.74, 6) is 0. The Labute approximate surface area is 113 Å². The minimum absolute atomic E-state index is 0.355. The zero-order chi connectivity index (χ0) is 13.2. The Morgan fingerprint density at radius 1 is 1.16 bits per heavy atom. The fourth-order valence-corrected chi connectivity index (χ4v) is 2.73. The largest absolute Gasteiger partial charge is 0.368 e. The lowest BCUT2D eigenvalue weighted by molar-refractivity contribution is 0.501. The number of hydrogen-bond donors (Lipinski definition) is 1. The van der Waals surface area contributed by atoms with Crippen molar-refractivity contribution in [2.24, 2.45) is 12.8 Å². The molecule has 1 aliphatic heterocycles. The predicted molar refractivity (Wildman–Crippen MR) is 78.1 cm³/mol. The van der Waals surface area contributed by atoms with Crippen molar-refractivity contribution in [3.63, 3.8) is 0 Å². The lowest BCUT2D eigenvalue weighted by atomic mass is 10.0. The second kappa shape index (κ2) is 5.05. The number of nitrogens with zero attached hydrogens (tertiary/aromatic N) is 3. The highest BCUT2D eigenvalue weighted by molar-refractivity contribution is 5.75. The number of hydrogen-bond acceptors (Lipinski definition) is 3. The molecule has 1 aromatic heterocycles. The van der Waals surface area contributed by atoms with Gasteiger partial charge in [-0.3, -0.25) is 4.68 Å². The van der Waals surface area contributed by atoms with Crippen molar-refractivity contribution in [1.29, 1.82) is 0 Å². The van der Waals surface area contributed by atoms with Gasteiger partial charge in [-0.1, -0.05) is 30.3 Å². The van der Waals surface area contributed by atoms with E-state index in [0.29, 0.717) is 6.04 Å². The van der Waals surface area contributed by atoms with E-state index in [1.165, 1.54) is 16.9 Å². The molecule has 0 amide bonds. The topological polar surface area (TPSA) is 47.1 Å². The van der Waals surface area contributed by atoms with E-state index in [2.05, 4.69) is 34.3 Å². The Hall–Kier alpha value is -1.81. The van der Waals surface area contributed by atoms with E-state index in [0.717, 1.165) is 25.9 Å².